The summed E-state index contributed by atoms with van der Waals surface area (Å²) in [5.41, 5.74) is 6.89. The highest BCUT2D eigenvalue weighted by Crippen LogP contribution is 2.17. The highest BCUT2D eigenvalue weighted by molar-refractivity contribution is 6.04. The highest BCUT2D eigenvalue weighted by atomic mass is 16.2. The molecule has 1 heterocycles. The van der Waals surface area contributed by atoms with Gasteiger partial charge in [-0.1, -0.05) is 62.4 Å². The number of benzene rings is 2. The number of fused-ring (bicyclic) bond motifs is 1. The van der Waals surface area contributed by atoms with Crippen molar-refractivity contribution in [3.05, 3.63) is 76.2 Å². The molecule has 1 amide bonds. The number of amides is 1. The van der Waals surface area contributed by atoms with Gasteiger partial charge < -0.3 is 10.6 Å². The van der Waals surface area contributed by atoms with Gasteiger partial charge in [-0.15, -0.1) is 0 Å². The molecule has 0 radical (unpaired) electrons. The maximum atomic E-state index is 13.5. The van der Waals surface area contributed by atoms with Crippen LogP contribution in [0.25, 0.3) is 10.8 Å². The van der Waals surface area contributed by atoms with E-state index in [-0.39, 0.29) is 17.4 Å². The van der Waals surface area contributed by atoms with Gasteiger partial charge >= 0.3 is 0 Å². The van der Waals surface area contributed by atoms with Crippen molar-refractivity contribution in [2.45, 2.75) is 33.4 Å². The Bertz CT molecular complexity index is 1030. The molecule has 0 saturated carbocycles. The van der Waals surface area contributed by atoms with Gasteiger partial charge in [0.2, 0.25) is 0 Å². The lowest BCUT2D eigenvalue weighted by Crippen LogP contribution is -2.36. The number of carbonyl (C=O) groups is 1. The van der Waals surface area contributed by atoms with Gasteiger partial charge in [0.05, 0.1) is 5.39 Å². The quantitative estimate of drug-likeness (QED) is 0.639. The molecule has 29 heavy (non-hydrogen) atoms. The average Bonchev–Trinajstić information content (AvgIpc) is 2.73. The summed E-state index contributed by atoms with van der Waals surface area (Å²) in [5, 5.41) is 5.60. The fourth-order valence-corrected chi connectivity index (χ4v) is 3.35. The maximum Gasteiger partial charge on any atom is 0.275 e. The van der Waals surface area contributed by atoms with Crippen molar-refractivity contribution in [2.75, 3.05) is 13.1 Å². The van der Waals surface area contributed by atoms with E-state index in [2.05, 4.69) is 5.10 Å². The van der Waals surface area contributed by atoms with Crippen LogP contribution in [0.4, 0.5) is 0 Å². The van der Waals surface area contributed by atoms with E-state index in [0.29, 0.717) is 49.1 Å². The summed E-state index contributed by atoms with van der Waals surface area (Å²) < 4.78 is 1.42. The summed E-state index contributed by atoms with van der Waals surface area (Å²) in [7, 11) is 0. The second kappa shape index (κ2) is 9.47. The lowest BCUT2D eigenvalue weighted by Gasteiger charge is -2.23. The normalized spacial score (nSPS) is 11.2. The number of nitrogens with two attached hydrogens (primary N) is 1. The first-order valence-electron chi connectivity index (χ1n) is 10.0. The Labute approximate surface area is 170 Å². The van der Waals surface area contributed by atoms with Crippen molar-refractivity contribution in [3.63, 3.8) is 0 Å². The molecule has 0 spiro atoms. The van der Waals surface area contributed by atoms with Crippen LogP contribution in [0, 0.1) is 5.92 Å². The minimum absolute atomic E-state index is 0.164. The Morgan fingerprint density at radius 2 is 1.72 bits per heavy atom. The van der Waals surface area contributed by atoms with E-state index in [4.69, 9.17) is 5.73 Å². The van der Waals surface area contributed by atoms with Crippen LogP contribution in [0.2, 0.25) is 0 Å². The molecule has 2 N–H and O–H groups in total. The van der Waals surface area contributed by atoms with Crippen molar-refractivity contribution in [1.29, 1.82) is 0 Å². The lowest BCUT2D eigenvalue weighted by molar-refractivity contribution is 0.0735. The molecular weight excluding hydrogens is 364 g/mol. The van der Waals surface area contributed by atoms with Crippen LogP contribution in [0.3, 0.4) is 0 Å². The topological polar surface area (TPSA) is 81.2 Å². The van der Waals surface area contributed by atoms with Crippen LogP contribution < -0.4 is 11.3 Å². The molecule has 0 atom stereocenters. The van der Waals surface area contributed by atoms with E-state index >= 15 is 0 Å². The summed E-state index contributed by atoms with van der Waals surface area (Å²) in [6, 6.07) is 17.0. The van der Waals surface area contributed by atoms with Crippen LogP contribution >= 0.6 is 0 Å². The van der Waals surface area contributed by atoms with Crippen molar-refractivity contribution >= 4 is 16.7 Å². The predicted molar refractivity (Wildman–Crippen MR) is 116 cm³/mol. The van der Waals surface area contributed by atoms with E-state index in [1.54, 1.807) is 17.0 Å². The maximum absolute atomic E-state index is 13.5. The molecule has 0 aliphatic rings. The molecule has 0 aliphatic heterocycles. The minimum Gasteiger partial charge on any atom is -0.333 e. The lowest BCUT2D eigenvalue weighted by atomic mass is 10.1. The Morgan fingerprint density at radius 3 is 2.38 bits per heavy atom. The second-order valence-corrected chi connectivity index (χ2v) is 7.63. The van der Waals surface area contributed by atoms with Crippen molar-refractivity contribution in [1.82, 2.24) is 14.7 Å². The van der Waals surface area contributed by atoms with E-state index < -0.39 is 0 Å². The first-order valence-corrected chi connectivity index (χ1v) is 10.0. The first-order chi connectivity index (χ1) is 14.0. The number of carbonyl (C=O) groups excluding carboxylic acids is 1. The number of hydrogen-bond acceptors (Lipinski definition) is 4. The van der Waals surface area contributed by atoms with Gasteiger partial charge in [-0.2, -0.15) is 5.10 Å². The summed E-state index contributed by atoms with van der Waals surface area (Å²) in [5.74, 6) is 0.0537. The fraction of sp³-hybridized carbons (Fsp3) is 0.348. The monoisotopic (exact) mass is 392 g/mol. The van der Waals surface area contributed by atoms with Gasteiger partial charge in [0, 0.05) is 25.0 Å². The zero-order valence-corrected chi connectivity index (χ0v) is 17.0. The smallest absolute Gasteiger partial charge is 0.275 e. The van der Waals surface area contributed by atoms with Crippen LogP contribution in [-0.2, 0) is 13.1 Å². The van der Waals surface area contributed by atoms with E-state index in [9.17, 15) is 9.59 Å². The van der Waals surface area contributed by atoms with Gasteiger partial charge in [-0.3, -0.25) is 9.59 Å². The molecule has 6 nitrogen and oxygen atoms in total. The Kier molecular flexibility index (Phi) is 6.77. The van der Waals surface area contributed by atoms with Crippen LogP contribution in [0.5, 0.6) is 0 Å². The SMILES string of the molecule is CC(C)Cn1nc(C(=O)N(CCCN)Cc2ccccc2)c2ccccc2c1=O. The predicted octanol–water partition coefficient (Wildman–Crippen LogP) is 3.04. The number of nitrogens with zero attached hydrogens (tertiary/aromatic N) is 3. The number of aromatic nitrogens is 2. The third kappa shape index (κ3) is 4.90. The van der Waals surface area contributed by atoms with Gasteiger partial charge in [0.15, 0.2) is 5.69 Å². The molecule has 0 saturated heterocycles. The molecule has 1 aromatic heterocycles. The molecule has 6 heteroatoms. The molecule has 0 fully saturated rings. The zero-order valence-electron chi connectivity index (χ0n) is 17.0. The first kappa shape index (κ1) is 20.7. The van der Waals surface area contributed by atoms with E-state index in [1.165, 1.54) is 4.68 Å². The zero-order chi connectivity index (χ0) is 20.8. The highest BCUT2D eigenvalue weighted by Gasteiger charge is 2.22. The fourth-order valence-electron chi connectivity index (χ4n) is 3.35. The Balaban J connectivity index is 2.06. The molecule has 0 bridgehead atoms. The second-order valence-electron chi connectivity index (χ2n) is 7.63. The summed E-state index contributed by atoms with van der Waals surface area (Å²) in [6.45, 7) is 6.01. The van der Waals surface area contributed by atoms with Crippen molar-refractivity contribution < 1.29 is 4.79 Å². The van der Waals surface area contributed by atoms with Crippen molar-refractivity contribution in [2.24, 2.45) is 11.7 Å². The molecule has 3 aromatic rings. The van der Waals surface area contributed by atoms with Gasteiger partial charge in [-0.25, -0.2) is 4.68 Å². The third-order valence-corrected chi connectivity index (χ3v) is 4.74. The van der Waals surface area contributed by atoms with Gasteiger partial charge in [0.1, 0.15) is 0 Å². The standard InChI is InChI=1S/C23H28N4O2/c1-17(2)15-27-22(28)20-12-7-6-11-19(20)21(25-27)23(29)26(14-8-13-24)16-18-9-4-3-5-10-18/h3-7,9-12,17H,8,13-16,24H2,1-2H3. The van der Waals surface area contributed by atoms with Gasteiger partial charge in [-0.05, 0) is 30.5 Å². The third-order valence-electron chi connectivity index (χ3n) is 4.74. The Morgan fingerprint density at radius 1 is 1.07 bits per heavy atom. The molecule has 0 unspecified atom stereocenters. The minimum atomic E-state index is -0.184. The molecule has 3 rings (SSSR count). The van der Waals surface area contributed by atoms with Gasteiger partial charge in [0.25, 0.3) is 11.5 Å². The molecular formula is C23H28N4O2. The van der Waals surface area contributed by atoms with Crippen molar-refractivity contribution in [3.8, 4) is 0 Å². The van der Waals surface area contributed by atoms with Crippen LogP contribution in [-0.4, -0.2) is 33.7 Å². The molecule has 2 aromatic carbocycles. The summed E-state index contributed by atoms with van der Waals surface area (Å²) in [4.78, 5) is 28.1. The number of rotatable bonds is 8. The van der Waals surface area contributed by atoms with E-state index in [1.807, 2.05) is 56.3 Å². The van der Waals surface area contributed by atoms with Crippen LogP contribution in [0.1, 0.15) is 36.3 Å². The molecule has 0 aliphatic carbocycles. The number of hydrogen-bond donors (Lipinski definition) is 1. The van der Waals surface area contributed by atoms with Crippen LogP contribution in [0.15, 0.2) is 59.4 Å². The summed E-state index contributed by atoms with van der Waals surface area (Å²) in [6.07, 6.45) is 0.697. The average molecular weight is 393 g/mol. The van der Waals surface area contributed by atoms with E-state index in [0.717, 1.165) is 5.56 Å². The Hall–Kier alpha value is -2.99. The largest absolute Gasteiger partial charge is 0.333 e. The summed E-state index contributed by atoms with van der Waals surface area (Å²) >= 11 is 0. The molecule has 152 valence electrons.